The van der Waals surface area contributed by atoms with Crippen LogP contribution in [0.3, 0.4) is 0 Å². The monoisotopic (exact) mass is 312 g/mol. The lowest BCUT2D eigenvalue weighted by Gasteiger charge is -2.10. The van der Waals surface area contributed by atoms with E-state index in [0.29, 0.717) is 5.56 Å². The highest BCUT2D eigenvalue weighted by Crippen LogP contribution is 2.19. The minimum atomic E-state index is -0.475. The second-order valence-corrected chi connectivity index (χ2v) is 4.94. The van der Waals surface area contributed by atoms with Crippen molar-refractivity contribution in [3.05, 3.63) is 69.3 Å². The number of carbonyl (C=O) groups excluding carboxylic acids is 1. The molecule has 23 heavy (non-hydrogen) atoms. The van der Waals surface area contributed by atoms with Gasteiger partial charge >= 0.3 is 6.03 Å². The van der Waals surface area contributed by atoms with E-state index in [1.807, 2.05) is 32.0 Å². The molecule has 0 spiro atoms. The van der Waals surface area contributed by atoms with Gasteiger partial charge in [-0.25, -0.2) is 10.2 Å². The first kappa shape index (κ1) is 16.2. The van der Waals surface area contributed by atoms with E-state index in [1.165, 1.54) is 18.3 Å². The third-order valence-electron chi connectivity index (χ3n) is 3.20. The molecule has 0 fully saturated rings. The number of hydrazone groups is 1. The molecule has 0 saturated heterocycles. The number of hydrogen-bond acceptors (Lipinski definition) is 4. The van der Waals surface area contributed by atoms with Crippen LogP contribution in [0, 0.1) is 24.0 Å². The highest BCUT2D eigenvalue weighted by atomic mass is 16.6. The van der Waals surface area contributed by atoms with Crippen molar-refractivity contribution in [3.8, 4) is 0 Å². The summed E-state index contributed by atoms with van der Waals surface area (Å²) in [5.74, 6) is 0. The number of nitrogens with zero attached hydrogens (tertiary/aromatic N) is 2. The van der Waals surface area contributed by atoms with Gasteiger partial charge in [-0.3, -0.25) is 10.1 Å². The minimum absolute atomic E-state index is 0.00267. The number of urea groups is 1. The van der Waals surface area contributed by atoms with Crippen molar-refractivity contribution < 1.29 is 9.72 Å². The lowest BCUT2D eigenvalue weighted by Crippen LogP contribution is -2.25. The molecule has 0 aliphatic rings. The van der Waals surface area contributed by atoms with Crippen molar-refractivity contribution in [1.29, 1.82) is 0 Å². The van der Waals surface area contributed by atoms with Crippen molar-refractivity contribution in [3.63, 3.8) is 0 Å². The van der Waals surface area contributed by atoms with Crippen LogP contribution in [0.4, 0.5) is 16.2 Å². The van der Waals surface area contributed by atoms with Gasteiger partial charge in [-0.1, -0.05) is 18.2 Å². The van der Waals surface area contributed by atoms with Crippen LogP contribution in [0.2, 0.25) is 0 Å². The fourth-order valence-electron chi connectivity index (χ4n) is 2.00. The van der Waals surface area contributed by atoms with Crippen molar-refractivity contribution in [2.24, 2.45) is 5.10 Å². The number of hydrogen-bond donors (Lipinski definition) is 2. The van der Waals surface area contributed by atoms with Crippen molar-refractivity contribution in [2.45, 2.75) is 13.8 Å². The van der Waals surface area contributed by atoms with Crippen LogP contribution in [0.15, 0.2) is 47.6 Å². The fourth-order valence-corrected chi connectivity index (χ4v) is 2.00. The van der Waals surface area contributed by atoms with Crippen LogP contribution in [-0.4, -0.2) is 17.2 Å². The molecule has 0 aromatic heterocycles. The number of para-hydroxylation sites is 1. The average molecular weight is 312 g/mol. The number of nitrogens with one attached hydrogen (secondary N) is 2. The maximum atomic E-state index is 11.8. The molecule has 0 unspecified atom stereocenters. The van der Waals surface area contributed by atoms with Crippen LogP contribution < -0.4 is 10.7 Å². The summed E-state index contributed by atoms with van der Waals surface area (Å²) < 4.78 is 0. The van der Waals surface area contributed by atoms with Gasteiger partial charge in [0, 0.05) is 17.8 Å². The normalized spacial score (nSPS) is 10.5. The molecule has 7 nitrogen and oxygen atoms in total. The van der Waals surface area contributed by atoms with Crippen LogP contribution in [-0.2, 0) is 0 Å². The van der Waals surface area contributed by atoms with E-state index in [0.717, 1.165) is 16.8 Å². The Morgan fingerprint density at radius 3 is 2.30 bits per heavy atom. The predicted octanol–water partition coefficient (Wildman–Crippen LogP) is 3.37. The first-order valence-electron chi connectivity index (χ1n) is 6.88. The summed E-state index contributed by atoms with van der Waals surface area (Å²) in [5, 5.41) is 17.1. The standard InChI is InChI=1S/C16H16N4O3/c1-11-4-3-5-12(2)15(11)18-16(21)19-17-10-13-6-8-14(9-7-13)20(22)23/h3-10H,1-2H3,(H2,18,19,21)/b17-10+. The number of carbonyl (C=O) groups is 1. The second kappa shape index (κ2) is 7.17. The summed E-state index contributed by atoms with van der Waals surface area (Å²) in [6, 6.07) is 11.1. The van der Waals surface area contributed by atoms with Crippen molar-refractivity contribution in [1.82, 2.24) is 5.43 Å². The zero-order chi connectivity index (χ0) is 16.8. The Bertz CT molecular complexity index is 734. The number of aryl methyl sites for hydroxylation is 2. The average Bonchev–Trinajstić information content (AvgIpc) is 2.51. The Hall–Kier alpha value is -3.22. The van der Waals surface area contributed by atoms with Gasteiger partial charge in [-0.15, -0.1) is 0 Å². The van der Waals surface area contributed by atoms with E-state index in [1.54, 1.807) is 12.1 Å². The molecule has 2 amide bonds. The van der Waals surface area contributed by atoms with E-state index >= 15 is 0 Å². The lowest BCUT2D eigenvalue weighted by molar-refractivity contribution is -0.384. The van der Waals surface area contributed by atoms with E-state index < -0.39 is 11.0 Å². The summed E-state index contributed by atoms with van der Waals surface area (Å²) in [6.45, 7) is 3.81. The van der Waals surface area contributed by atoms with Gasteiger partial charge in [0.1, 0.15) is 0 Å². The zero-order valence-corrected chi connectivity index (χ0v) is 12.7. The highest BCUT2D eigenvalue weighted by molar-refractivity contribution is 5.91. The third-order valence-corrected chi connectivity index (χ3v) is 3.20. The molecule has 0 aliphatic carbocycles. The van der Waals surface area contributed by atoms with Gasteiger partial charge in [0.2, 0.25) is 0 Å². The molecule has 2 rings (SSSR count). The van der Waals surface area contributed by atoms with E-state index in [-0.39, 0.29) is 5.69 Å². The second-order valence-electron chi connectivity index (χ2n) is 4.94. The smallest absolute Gasteiger partial charge is 0.306 e. The summed E-state index contributed by atoms with van der Waals surface area (Å²) in [4.78, 5) is 21.9. The first-order valence-corrected chi connectivity index (χ1v) is 6.88. The van der Waals surface area contributed by atoms with Crippen LogP contribution in [0.25, 0.3) is 0 Å². The quantitative estimate of drug-likeness (QED) is 0.514. The molecule has 2 aromatic rings. The van der Waals surface area contributed by atoms with Crippen molar-refractivity contribution >= 4 is 23.6 Å². The van der Waals surface area contributed by atoms with Crippen LogP contribution >= 0.6 is 0 Å². The SMILES string of the molecule is Cc1cccc(C)c1NC(=O)N/N=C/c1ccc([N+](=O)[O-])cc1. The zero-order valence-electron chi connectivity index (χ0n) is 12.7. The summed E-state index contributed by atoms with van der Waals surface area (Å²) in [6.07, 6.45) is 1.41. The number of benzene rings is 2. The molecule has 0 bridgehead atoms. The third kappa shape index (κ3) is 4.37. The van der Waals surface area contributed by atoms with Gasteiger partial charge in [-0.2, -0.15) is 5.10 Å². The molecule has 118 valence electrons. The Morgan fingerprint density at radius 1 is 1.13 bits per heavy atom. The molecular formula is C16H16N4O3. The molecule has 0 aliphatic heterocycles. The predicted molar refractivity (Wildman–Crippen MR) is 88.8 cm³/mol. The van der Waals surface area contributed by atoms with E-state index in [9.17, 15) is 14.9 Å². The highest BCUT2D eigenvalue weighted by Gasteiger charge is 2.06. The Kier molecular flexibility index (Phi) is 5.03. The molecule has 2 aromatic carbocycles. The lowest BCUT2D eigenvalue weighted by atomic mass is 10.1. The van der Waals surface area contributed by atoms with E-state index in [4.69, 9.17) is 0 Å². The molecule has 7 heteroatoms. The van der Waals surface area contributed by atoms with E-state index in [2.05, 4.69) is 15.8 Å². The van der Waals surface area contributed by atoms with Gasteiger partial charge in [0.15, 0.2) is 0 Å². The fraction of sp³-hybridized carbons (Fsp3) is 0.125. The molecule has 0 atom stereocenters. The number of anilines is 1. The molecular weight excluding hydrogens is 296 g/mol. The van der Waals surface area contributed by atoms with Gasteiger partial charge in [0.05, 0.1) is 11.1 Å². The molecule has 0 saturated carbocycles. The minimum Gasteiger partial charge on any atom is -0.306 e. The van der Waals surface area contributed by atoms with Gasteiger partial charge < -0.3 is 5.32 Å². The van der Waals surface area contributed by atoms with Gasteiger partial charge in [0.25, 0.3) is 5.69 Å². The van der Waals surface area contributed by atoms with Crippen LogP contribution in [0.1, 0.15) is 16.7 Å². The topological polar surface area (TPSA) is 96.6 Å². The summed E-state index contributed by atoms with van der Waals surface area (Å²) >= 11 is 0. The number of amides is 2. The maximum absolute atomic E-state index is 11.8. The Morgan fingerprint density at radius 2 is 1.74 bits per heavy atom. The number of rotatable bonds is 4. The number of nitro groups is 1. The molecule has 0 heterocycles. The summed E-state index contributed by atoms with van der Waals surface area (Å²) in [5.41, 5.74) is 5.66. The summed E-state index contributed by atoms with van der Waals surface area (Å²) in [7, 11) is 0. The Balaban J connectivity index is 1.95. The number of nitro benzene ring substituents is 1. The van der Waals surface area contributed by atoms with Gasteiger partial charge in [-0.05, 0) is 42.7 Å². The molecule has 0 radical (unpaired) electrons. The maximum Gasteiger partial charge on any atom is 0.339 e. The number of non-ortho nitro benzene ring substituents is 1. The molecule has 2 N–H and O–H groups in total. The largest absolute Gasteiger partial charge is 0.339 e. The van der Waals surface area contributed by atoms with Crippen molar-refractivity contribution in [2.75, 3.05) is 5.32 Å². The first-order chi connectivity index (χ1) is 11.0. The van der Waals surface area contributed by atoms with Crippen LogP contribution in [0.5, 0.6) is 0 Å². The Labute approximate surface area is 133 Å².